The van der Waals surface area contributed by atoms with Crippen molar-refractivity contribution in [1.82, 2.24) is 14.9 Å². The summed E-state index contributed by atoms with van der Waals surface area (Å²) in [6.07, 6.45) is -10.2. The Morgan fingerprint density at radius 1 is 1.00 bits per heavy atom. The first-order chi connectivity index (χ1) is 15.2. The lowest BCUT2D eigenvalue weighted by atomic mass is 10.2. The van der Waals surface area contributed by atoms with E-state index in [2.05, 4.69) is 28.9 Å². The first kappa shape index (κ1) is 27.9. The number of ether oxygens (including phenoxy) is 1. The number of carboxylic acids is 2. The molecule has 33 heavy (non-hydrogen) atoms. The molecule has 3 rings (SSSR count). The quantitative estimate of drug-likeness (QED) is 0.570. The lowest BCUT2D eigenvalue weighted by molar-refractivity contribution is -0.193. The van der Waals surface area contributed by atoms with E-state index < -0.39 is 24.3 Å². The number of hydrogen-bond acceptors (Lipinski definition) is 5. The number of aliphatic carboxylic acids is 2. The first-order valence-electron chi connectivity index (χ1n) is 9.23. The van der Waals surface area contributed by atoms with E-state index in [0.717, 1.165) is 55.6 Å². The monoisotopic (exact) mass is 485 g/mol. The summed E-state index contributed by atoms with van der Waals surface area (Å²) < 4.78 is 68.8. The van der Waals surface area contributed by atoms with Crippen molar-refractivity contribution in [2.24, 2.45) is 0 Å². The van der Waals surface area contributed by atoms with Gasteiger partial charge >= 0.3 is 24.3 Å². The Kier molecular flexibility index (Phi) is 10.3. The molecule has 3 N–H and O–H groups in total. The van der Waals surface area contributed by atoms with Crippen LogP contribution in [0.3, 0.4) is 0 Å². The summed E-state index contributed by atoms with van der Waals surface area (Å²) >= 11 is 0. The number of aromatic amines is 1. The largest absolute Gasteiger partial charge is 0.490 e. The number of H-pyrrole nitrogens is 1. The molecule has 14 heteroatoms. The summed E-state index contributed by atoms with van der Waals surface area (Å²) in [6, 6.07) is 10.3. The van der Waals surface area contributed by atoms with Gasteiger partial charge in [-0.25, -0.2) is 14.6 Å². The molecular weight excluding hydrogens is 464 g/mol. The number of halogens is 6. The number of imidazole rings is 1. The van der Waals surface area contributed by atoms with Gasteiger partial charge in [-0.05, 0) is 6.92 Å². The Morgan fingerprint density at radius 3 is 1.88 bits per heavy atom. The van der Waals surface area contributed by atoms with E-state index in [1.807, 2.05) is 18.2 Å². The van der Waals surface area contributed by atoms with Crippen LogP contribution < -0.4 is 0 Å². The predicted octanol–water partition coefficient (Wildman–Crippen LogP) is 3.48. The minimum atomic E-state index is -5.08. The summed E-state index contributed by atoms with van der Waals surface area (Å²) in [5.41, 5.74) is 3.44. The molecule has 0 aliphatic carbocycles. The third-order valence-corrected chi connectivity index (χ3v) is 3.99. The van der Waals surface area contributed by atoms with Crippen LogP contribution in [0.15, 0.2) is 30.3 Å². The second kappa shape index (κ2) is 12.2. The summed E-state index contributed by atoms with van der Waals surface area (Å²) in [4.78, 5) is 28.3. The molecule has 0 bridgehead atoms. The molecule has 2 heterocycles. The molecule has 0 spiro atoms. The third-order valence-electron chi connectivity index (χ3n) is 3.99. The molecule has 1 aliphatic rings. The van der Waals surface area contributed by atoms with Crippen molar-refractivity contribution in [3.8, 4) is 11.4 Å². The van der Waals surface area contributed by atoms with Gasteiger partial charge in [0.25, 0.3) is 0 Å². The number of carbonyl (C=O) groups is 2. The Morgan fingerprint density at radius 2 is 1.45 bits per heavy atom. The van der Waals surface area contributed by atoms with Gasteiger partial charge in [-0.1, -0.05) is 30.3 Å². The Hall–Kier alpha value is -3.13. The Bertz CT molecular complexity index is 870. The summed E-state index contributed by atoms with van der Waals surface area (Å²) in [5.74, 6) is -4.55. The number of aryl methyl sites for hydroxylation is 1. The second-order valence-electron chi connectivity index (χ2n) is 6.52. The van der Waals surface area contributed by atoms with Gasteiger partial charge in [0.15, 0.2) is 0 Å². The van der Waals surface area contributed by atoms with Crippen molar-refractivity contribution >= 4 is 11.9 Å². The van der Waals surface area contributed by atoms with Crippen molar-refractivity contribution < 1.29 is 50.9 Å². The van der Waals surface area contributed by atoms with Crippen LogP contribution in [-0.2, 0) is 20.9 Å². The van der Waals surface area contributed by atoms with E-state index in [0.29, 0.717) is 0 Å². The summed E-state index contributed by atoms with van der Waals surface area (Å²) in [5, 5.41) is 14.2. The van der Waals surface area contributed by atoms with Gasteiger partial charge in [0, 0.05) is 30.9 Å². The molecule has 0 unspecified atom stereocenters. The van der Waals surface area contributed by atoms with Gasteiger partial charge < -0.3 is 19.9 Å². The molecule has 0 saturated carbocycles. The zero-order chi connectivity index (χ0) is 25.2. The van der Waals surface area contributed by atoms with Crippen molar-refractivity contribution in [3.63, 3.8) is 0 Å². The zero-order valence-electron chi connectivity index (χ0n) is 17.2. The van der Waals surface area contributed by atoms with E-state index in [1.54, 1.807) is 0 Å². The van der Waals surface area contributed by atoms with Crippen molar-refractivity contribution in [1.29, 1.82) is 0 Å². The van der Waals surface area contributed by atoms with E-state index in [-0.39, 0.29) is 0 Å². The Labute approximate surface area is 183 Å². The maximum absolute atomic E-state index is 10.6. The van der Waals surface area contributed by atoms with Crippen LogP contribution in [0.1, 0.15) is 11.4 Å². The van der Waals surface area contributed by atoms with Crippen LogP contribution in [0.2, 0.25) is 0 Å². The summed E-state index contributed by atoms with van der Waals surface area (Å²) in [6.45, 7) is 6.64. The number of alkyl halides is 6. The highest BCUT2D eigenvalue weighted by atomic mass is 19.4. The molecule has 1 saturated heterocycles. The molecule has 184 valence electrons. The van der Waals surface area contributed by atoms with Crippen molar-refractivity contribution in [2.45, 2.75) is 25.8 Å². The number of aromatic nitrogens is 2. The van der Waals surface area contributed by atoms with Gasteiger partial charge in [0.1, 0.15) is 5.82 Å². The minimum absolute atomic E-state index is 0.828. The molecule has 1 aromatic carbocycles. The Balaban J connectivity index is 0.000000324. The fourth-order valence-corrected chi connectivity index (χ4v) is 2.35. The normalized spacial score (nSPS) is 14.4. The zero-order valence-corrected chi connectivity index (χ0v) is 17.2. The van der Waals surface area contributed by atoms with Gasteiger partial charge in [-0.15, -0.1) is 0 Å². The molecule has 1 aromatic heterocycles. The number of nitrogens with one attached hydrogen (secondary N) is 1. The maximum atomic E-state index is 10.6. The standard InChI is InChI=1S/C15H19N3O.2C2HF3O2/c1-12-14(11-18-7-9-19-10-8-18)17-15(16-12)13-5-3-2-4-6-13;2*3-2(4,5)1(6)7/h2-6H,7-11H2,1H3,(H,16,17);2*(H,6,7). The van der Waals surface area contributed by atoms with E-state index >= 15 is 0 Å². The van der Waals surface area contributed by atoms with Crippen LogP contribution in [0.5, 0.6) is 0 Å². The molecule has 8 nitrogen and oxygen atoms in total. The highest BCUT2D eigenvalue weighted by Crippen LogP contribution is 2.19. The van der Waals surface area contributed by atoms with Crippen LogP contribution in [0, 0.1) is 6.92 Å². The van der Waals surface area contributed by atoms with Gasteiger partial charge in [0.05, 0.1) is 18.9 Å². The highest BCUT2D eigenvalue weighted by Gasteiger charge is 2.38. The molecule has 1 aliphatic heterocycles. The number of benzene rings is 1. The second-order valence-corrected chi connectivity index (χ2v) is 6.52. The van der Waals surface area contributed by atoms with E-state index in [9.17, 15) is 26.3 Å². The van der Waals surface area contributed by atoms with E-state index in [1.165, 1.54) is 0 Å². The smallest absolute Gasteiger partial charge is 0.475 e. The molecule has 0 amide bonds. The number of hydrogen-bond donors (Lipinski definition) is 3. The summed E-state index contributed by atoms with van der Waals surface area (Å²) in [7, 11) is 0. The number of carboxylic acid groups (broad SMARTS) is 2. The first-order valence-corrected chi connectivity index (χ1v) is 9.23. The topological polar surface area (TPSA) is 116 Å². The minimum Gasteiger partial charge on any atom is -0.475 e. The number of nitrogens with zero attached hydrogens (tertiary/aromatic N) is 2. The average molecular weight is 485 g/mol. The van der Waals surface area contributed by atoms with Crippen molar-refractivity contribution in [2.75, 3.05) is 26.3 Å². The van der Waals surface area contributed by atoms with Crippen LogP contribution in [0.4, 0.5) is 26.3 Å². The van der Waals surface area contributed by atoms with Crippen LogP contribution >= 0.6 is 0 Å². The molecule has 0 radical (unpaired) electrons. The number of morpholine rings is 1. The highest BCUT2D eigenvalue weighted by molar-refractivity contribution is 5.73. The predicted molar refractivity (Wildman–Crippen MR) is 102 cm³/mol. The van der Waals surface area contributed by atoms with Gasteiger partial charge in [0.2, 0.25) is 0 Å². The fraction of sp³-hybridized carbons (Fsp3) is 0.421. The average Bonchev–Trinajstić information content (AvgIpc) is 3.09. The maximum Gasteiger partial charge on any atom is 0.490 e. The lowest BCUT2D eigenvalue weighted by Gasteiger charge is -2.25. The van der Waals surface area contributed by atoms with Gasteiger partial charge in [-0.2, -0.15) is 26.3 Å². The number of rotatable bonds is 3. The van der Waals surface area contributed by atoms with Crippen LogP contribution in [0.25, 0.3) is 11.4 Å². The lowest BCUT2D eigenvalue weighted by Crippen LogP contribution is -2.35. The molecule has 1 fully saturated rings. The van der Waals surface area contributed by atoms with Crippen molar-refractivity contribution in [3.05, 3.63) is 41.7 Å². The molecular formula is C19H21F6N3O5. The fourth-order valence-electron chi connectivity index (χ4n) is 2.35. The molecule has 2 aromatic rings. The third kappa shape index (κ3) is 10.4. The van der Waals surface area contributed by atoms with E-state index in [4.69, 9.17) is 29.5 Å². The van der Waals surface area contributed by atoms with Gasteiger partial charge in [-0.3, -0.25) is 4.90 Å². The SMILES string of the molecule is Cc1[nH]c(-c2ccccc2)nc1CN1CCOCC1.O=C(O)C(F)(F)F.O=C(O)C(F)(F)F. The molecule has 0 atom stereocenters. The van der Waals surface area contributed by atoms with Crippen LogP contribution in [-0.4, -0.2) is 75.7 Å².